The summed E-state index contributed by atoms with van der Waals surface area (Å²) in [6, 6.07) is 7.89. The highest BCUT2D eigenvalue weighted by Crippen LogP contribution is 2.26. The maximum absolute atomic E-state index is 12.1. The number of ether oxygens (including phenoxy) is 1. The Morgan fingerprint density at radius 2 is 2.16 bits per heavy atom. The molecule has 3 heterocycles. The van der Waals surface area contributed by atoms with E-state index in [1.807, 2.05) is 18.2 Å². The fourth-order valence-corrected chi connectivity index (χ4v) is 3.48. The molecule has 1 aromatic heterocycles. The summed E-state index contributed by atoms with van der Waals surface area (Å²) in [7, 11) is 0. The molecule has 0 saturated carbocycles. The zero-order valence-corrected chi connectivity index (χ0v) is 14.2. The van der Waals surface area contributed by atoms with Crippen LogP contribution in [0.25, 0.3) is 0 Å². The smallest absolute Gasteiger partial charge is 0.315 e. The average molecular weight is 341 g/mol. The molecule has 25 heavy (non-hydrogen) atoms. The molecule has 2 N–H and O–H groups in total. The lowest BCUT2D eigenvalue weighted by atomic mass is 9.97. The van der Waals surface area contributed by atoms with E-state index in [2.05, 4.69) is 31.5 Å². The van der Waals surface area contributed by atoms with Crippen LogP contribution in [0.5, 0.6) is 5.75 Å². The highest BCUT2D eigenvalue weighted by atomic mass is 16.5. The van der Waals surface area contributed by atoms with E-state index >= 15 is 0 Å². The molecule has 0 fully saturated rings. The van der Waals surface area contributed by atoms with Crippen molar-refractivity contribution < 1.29 is 9.53 Å². The van der Waals surface area contributed by atoms with Crippen LogP contribution in [0.4, 0.5) is 4.79 Å². The minimum Gasteiger partial charge on any atom is -0.493 e. The number of benzene rings is 1. The van der Waals surface area contributed by atoms with Crippen molar-refractivity contribution in [1.82, 2.24) is 25.4 Å². The molecule has 0 spiro atoms. The predicted molar refractivity (Wildman–Crippen MR) is 92.3 cm³/mol. The molecule has 0 saturated heterocycles. The van der Waals surface area contributed by atoms with Gasteiger partial charge in [-0.1, -0.05) is 18.2 Å². The standard InChI is InChI=1S/C18H23N5O2/c24-18(20-11-17-22-21-16-7-3-4-8-23(16)17)19-10-13-9-14-5-1-2-6-15(14)25-12-13/h1-2,5-6,13H,3-4,7-12H2,(H2,19,20,24)/t13-/m1/s1. The van der Waals surface area contributed by atoms with E-state index in [4.69, 9.17) is 4.74 Å². The van der Waals surface area contributed by atoms with Crippen molar-refractivity contribution in [3.8, 4) is 5.75 Å². The van der Waals surface area contributed by atoms with Crippen LogP contribution in [-0.2, 0) is 25.9 Å². The number of hydrogen-bond donors (Lipinski definition) is 2. The van der Waals surface area contributed by atoms with Crippen molar-refractivity contribution in [2.45, 2.75) is 38.8 Å². The first-order valence-electron chi connectivity index (χ1n) is 8.93. The van der Waals surface area contributed by atoms with E-state index in [-0.39, 0.29) is 6.03 Å². The molecule has 0 radical (unpaired) electrons. The van der Waals surface area contributed by atoms with Crippen LogP contribution in [-0.4, -0.2) is 33.9 Å². The molecule has 1 atom stereocenters. The molecule has 132 valence electrons. The minimum atomic E-state index is -0.174. The average Bonchev–Trinajstić information content (AvgIpc) is 3.08. The Kier molecular flexibility index (Phi) is 4.54. The molecule has 2 aliphatic rings. The van der Waals surface area contributed by atoms with Gasteiger partial charge in [0.05, 0.1) is 13.2 Å². The fraction of sp³-hybridized carbons (Fsp3) is 0.500. The van der Waals surface area contributed by atoms with Crippen molar-refractivity contribution in [2.75, 3.05) is 13.2 Å². The summed E-state index contributed by atoms with van der Waals surface area (Å²) in [4.78, 5) is 12.1. The second kappa shape index (κ2) is 7.13. The molecule has 0 unspecified atom stereocenters. The van der Waals surface area contributed by atoms with E-state index in [1.54, 1.807) is 0 Å². The van der Waals surface area contributed by atoms with Crippen molar-refractivity contribution in [3.63, 3.8) is 0 Å². The number of carbonyl (C=O) groups excluding carboxylic acids is 1. The van der Waals surface area contributed by atoms with Crippen molar-refractivity contribution in [2.24, 2.45) is 5.92 Å². The van der Waals surface area contributed by atoms with Gasteiger partial charge in [-0.05, 0) is 30.9 Å². The summed E-state index contributed by atoms with van der Waals surface area (Å²) < 4.78 is 7.88. The topological polar surface area (TPSA) is 81.1 Å². The number of urea groups is 1. The van der Waals surface area contributed by atoms with Gasteiger partial charge in [0.25, 0.3) is 0 Å². The van der Waals surface area contributed by atoms with E-state index in [0.29, 0.717) is 25.6 Å². The Morgan fingerprint density at radius 1 is 1.24 bits per heavy atom. The molecule has 7 heteroatoms. The van der Waals surface area contributed by atoms with Gasteiger partial charge < -0.3 is 19.9 Å². The SMILES string of the molecule is O=C(NCc1nnc2n1CCCC2)NC[C@@H]1COc2ccccc2C1. The first kappa shape index (κ1) is 15.9. The van der Waals surface area contributed by atoms with Crippen molar-refractivity contribution >= 4 is 6.03 Å². The Morgan fingerprint density at radius 3 is 3.12 bits per heavy atom. The number of carbonyl (C=O) groups is 1. The summed E-state index contributed by atoms with van der Waals surface area (Å²) >= 11 is 0. The molecule has 2 amide bonds. The van der Waals surface area contributed by atoms with Gasteiger partial charge in [-0.15, -0.1) is 10.2 Å². The van der Waals surface area contributed by atoms with Gasteiger partial charge in [0.1, 0.15) is 11.6 Å². The van der Waals surface area contributed by atoms with Gasteiger partial charge in [0, 0.05) is 25.4 Å². The first-order chi connectivity index (χ1) is 12.3. The van der Waals surface area contributed by atoms with Gasteiger partial charge in [0.2, 0.25) is 0 Å². The van der Waals surface area contributed by atoms with Gasteiger partial charge in [-0.3, -0.25) is 0 Å². The van der Waals surface area contributed by atoms with Crippen LogP contribution in [0.1, 0.15) is 30.1 Å². The monoisotopic (exact) mass is 341 g/mol. The van der Waals surface area contributed by atoms with Crippen LogP contribution < -0.4 is 15.4 Å². The van der Waals surface area contributed by atoms with Gasteiger partial charge in [-0.25, -0.2) is 4.79 Å². The lowest BCUT2D eigenvalue weighted by Gasteiger charge is -2.25. The van der Waals surface area contributed by atoms with Gasteiger partial charge in [0.15, 0.2) is 5.82 Å². The lowest BCUT2D eigenvalue weighted by molar-refractivity contribution is 0.211. The number of hydrogen-bond acceptors (Lipinski definition) is 4. The van der Waals surface area contributed by atoms with Gasteiger partial charge in [-0.2, -0.15) is 0 Å². The van der Waals surface area contributed by atoms with Crippen LogP contribution in [0.2, 0.25) is 0 Å². The molecule has 1 aromatic carbocycles. The van der Waals surface area contributed by atoms with E-state index in [0.717, 1.165) is 43.2 Å². The number of amides is 2. The van der Waals surface area contributed by atoms with E-state index < -0.39 is 0 Å². The first-order valence-corrected chi connectivity index (χ1v) is 8.93. The number of fused-ring (bicyclic) bond motifs is 2. The van der Waals surface area contributed by atoms with Crippen LogP contribution in [0.3, 0.4) is 0 Å². The molecule has 0 bridgehead atoms. The molecule has 0 aliphatic carbocycles. The molecular weight excluding hydrogens is 318 g/mol. The van der Waals surface area contributed by atoms with Crippen LogP contribution in [0, 0.1) is 5.92 Å². The third-order valence-electron chi connectivity index (χ3n) is 4.85. The maximum Gasteiger partial charge on any atom is 0.315 e. The molecule has 2 aliphatic heterocycles. The number of nitrogens with zero attached hydrogens (tertiary/aromatic N) is 3. The predicted octanol–water partition coefficient (Wildman–Crippen LogP) is 1.66. The number of aromatic nitrogens is 3. The zero-order valence-electron chi connectivity index (χ0n) is 14.2. The summed E-state index contributed by atoms with van der Waals surface area (Å²) in [6.07, 6.45) is 4.21. The van der Waals surface area contributed by atoms with Crippen molar-refractivity contribution in [3.05, 3.63) is 41.5 Å². The molecule has 4 rings (SSSR count). The van der Waals surface area contributed by atoms with Crippen LogP contribution >= 0.6 is 0 Å². The number of rotatable bonds is 4. The second-order valence-electron chi connectivity index (χ2n) is 6.69. The second-order valence-corrected chi connectivity index (χ2v) is 6.69. The third-order valence-corrected chi connectivity index (χ3v) is 4.85. The van der Waals surface area contributed by atoms with E-state index in [1.165, 1.54) is 12.0 Å². The third kappa shape index (κ3) is 3.60. The van der Waals surface area contributed by atoms with Crippen LogP contribution in [0.15, 0.2) is 24.3 Å². The molecular formula is C18H23N5O2. The largest absolute Gasteiger partial charge is 0.493 e. The Bertz CT molecular complexity index is 758. The summed E-state index contributed by atoms with van der Waals surface area (Å²) in [5.74, 6) is 3.11. The highest BCUT2D eigenvalue weighted by Gasteiger charge is 2.20. The zero-order chi connectivity index (χ0) is 17.1. The lowest BCUT2D eigenvalue weighted by Crippen LogP contribution is -2.40. The Hall–Kier alpha value is -2.57. The number of nitrogens with one attached hydrogen (secondary N) is 2. The van der Waals surface area contributed by atoms with Gasteiger partial charge >= 0.3 is 6.03 Å². The molecule has 7 nitrogen and oxygen atoms in total. The summed E-state index contributed by atoms with van der Waals surface area (Å²) in [5, 5.41) is 14.2. The Balaban J connectivity index is 1.24. The fourth-order valence-electron chi connectivity index (χ4n) is 3.48. The molecule has 2 aromatic rings. The quantitative estimate of drug-likeness (QED) is 0.886. The number of aryl methyl sites for hydroxylation is 1. The highest BCUT2D eigenvalue weighted by molar-refractivity contribution is 5.73. The summed E-state index contributed by atoms with van der Waals surface area (Å²) in [5.41, 5.74) is 1.20. The van der Waals surface area contributed by atoms with E-state index in [9.17, 15) is 4.79 Å². The minimum absolute atomic E-state index is 0.174. The number of para-hydroxylation sites is 1. The van der Waals surface area contributed by atoms with Crippen molar-refractivity contribution in [1.29, 1.82) is 0 Å². The maximum atomic E-state index is 12.1. The summed E-state index contributed by atoms with van der Waals surface area (Å²) in [6.45, 7) is 2.58. The Labute approximate surface area is 146 Å². The normalized spacial score (nSPS) is 18.6.